The molecule has 0 aromatic rings. The highest BCUT2D eigenvalue weighted by atomic mass is 15.2. The monoisotopic (exact) mass is 156 g/mol. The summed E-state index contributed by atoms with van der Waals surface area (Å²) in [5.74, 6) is 0. The molecule has 0 aromatic heterocycles. The van der Waals surface area contributed by atoms with E-state index in [4.69, 9.17) is 0 Å². The van der Waals surface area contributed by atoms with E-state index in [1.807, 2.05) is 6.92 Å². The van der Waals surface area contributed by atoms with Crippen LogP contribution in [0.3, 0.4) is 0 Å². The molecule has 1 aliphatic rings. The average molecular weight is 156 g/mol. The van der Waals surface area contributed by atoms with Crippen LogP contribution in [-0.2, 0) is 0 Å². The lowest BCUT2D eigenvalue weighted by molar-refractivity contribution is 0.181. The Bertz CT molecular complexity index is 83.7. The topological polar surface area (TPSA) is 6.48 Å². The normalized spacial score (nSPS) is 20.3. The Morgan fingerprint density at radius 3 is 1.36 bits per heavy atom. The molecule has 0 radical (unpaired) electrons. The predicted octanol–water partition coefficient (Wildman–Crippen LogP) is 1.06. The van der Waals surface area contributed by atoms with E-state index in [2.05, 4.69) is 30.5 Å². The van der Waals surface area contributed by atoms with Crippen LogP contribution in [0.2, 0.25) is 0 Å². The number of rotatable bonds is 0. The van der Waals surface area contributed by atoms with E-state index in [0.29, 0.717) is 0 Å². The molecular formula is C9H20N2. The van der Waals surface area contributed by atoms with E-state index in [9.17, 15) is 0 Å². The van der Waals surface area contributed by atoms with Crippen molar-refractivity contribution in [1.82, 2.24) is 9.80 Å². The van der Waals surface area contributed by atoms with Gasteiger partial charge >= 0.3 is 0 Å². The van der Waals surface area contributed by atoms with Crippen molar-refractivity contribution in [3.05, 3.63) is 12.7 Å². The van der Waals surface area contributed by atoms with E-state index in [-0.39, 0.29) is 0 Å². The molecule has 66 valence electrons. The zero-order valence-electron chi connectivity index (χ0n) is 8.01. The van der Waals surface area contributed by atoms with Crippen LogP contribution in [0.1, 0.15) is 6.92 Å². The van der Waals surface area contributed by atoms with Gasteiger partial charge in [-0.3, -0.25) is 0 Å². The summed E-state index contributed by atoms with van der Waals surface area (Å²) in [7, 11) is 4.35. The Labute approximate surface area is 70.5 Å². The molecule has 0 spiro atoms. The molecule has 0 bridgehead atoms. The van der Waals surface area contributed by atoms with E-state index in [0.717, 1.165) is 0 Å². The second-order valence-electron chi connectivity index (χ2n) is 3.01. The van der Waals surface area contributed by atoms with E-state index < -0.39 is 0 Å². The van der Waals surface area contributed by atoms with Crippen molar-refractivity contribution in [2.24, 2.45) is 0 Å². The van der Waals surface area contributed by atoms with Gasteiger partial charge in [0, 0.05) is 26.2 Å². The third kappa shape index (κ3) is 6.07. The zero-order valence-corrected chi connectivity index (χ0v) is 8.01. The molecule has 1 heterocycles. The molecule has 0 unspecified atom stereocenters. The lowest BCUT2D eigenvalue weighted by Crippen LogP contribution is -2.42. The zero-order chi connectivity index (χ0) is 8.69. The highest BCUT2D eigenvalue weighted by molar-refractivity contribution is 4.64. The van der Waals surface area contributed by atoms with E-state index >= 15 is 0 Å². The minimum atomic E-state index is 1.23. The maximum Gasteiger partial charge on any atom is 0.0107 e. The van der Waals surface area contributed by atoms with Crippen LogP contribution in [0.25, 0.3) is 0 Å². The highest BCUT2D eigenvalue weighted by Gasteiger charge is 2.07. The second-order valence-corrected chi connectivity index (χ2v) is 3.01. The van der Waals surface area contributed by atoms with Crippen LogP contribution >= 0.6 is 0 Å². The van der Waals surface area contributed by atoms with Crippen molar-refractivity contribution >= 4 is 0 Å². The summed E-state index contributed by atoms with van der Waals surface area (Å²) in [5.41, 5.74) is 0. The number of likely N-dealkylation sites (N-methyl/N-ethyl adjacent to an activating group) is 2. The summed E-state index contributed by atoms with van der Waals surface area (Å²) in [6.07, 6.45) is 1.75. The first kappa shape index (κ1) is 10.7. The quantitative estimate of drug-likeness (QED) is 0.484. The largest absolute Gasteiger partial charge is 0.304 e. The van der Waals surface area contributed by atoms with Crippen molar-refractivity contribution in [1.29, 1.82) is 0 Å². The van der Waals surface area contributed by atoms with Crippen LogP contribution in [-0.4, -0.2) is 50.1 Å². The van der Waals surface area contributed by atoms with Gasteiger partial charge in [-0.2, -0.15) is 0 Å². The molecule has 1 aliphatic heterocycles. The summed E-state index contributed by atoms with van der Waals surface area (Å²) in [5, 5.41) is 0. The Balaban J connectivity index is 0.000000292. The number of hydrogen-bond donors (Lipinski definition) is 0. The fourth-order valence-electron chi connectivity index (χ4n) is 0.906. The van der Waals surface area contributed by atoms with Crippen molar-refractivity contribution in [3.8, 4) is 0 Å². The van der Waals surface area contributed by atoms with Gasteiger partial charge in [0.1, 0.15) is 0 Å². The van der Waals surface area contributed by atoms with Crippen LogP contribution in [0.15, 0.2) is 12.7 Å². The van der Waals surface area contributed by atoms with Gasteiger partial charge in [-0.05, 0) is 21.0 Å². The van der Waals surface area contributed by atoms with Gasteiger partial charge in [0.2, 0.25) is 0 Å². The first-order valence-electron chi connectivity index (χ1n) is 4.14. The maximum absolute atomic E-state index is 3.36. The molecular weight excluding hydrogens is 136 g/mol. The molecule has 0 amide bonds. The fourth-order valence-corrected chi connectivity index (χ4v) is 0.906. The summed E-state index contributed by atoms with van der Waals surface area (Å²) in [6.45, 7) is 10.2. The van der Waals surface area contributed by atoms with E-state index in [1.54, 1.807) is 6.08 Å². The SMILES string of the molecule is C=CC.CN1CCN(C)CC1. The molecule has 0 aliphatic carbocycles. The third-order valence-electron chi connectivity index (χ3n) is 1.73. The van der Waals surface area contributed by atoms with Crippen molar-refractivity contribution < 1.29 is 0 Å². The summed E-state index contributed by atoms with van der Waals surface area (Å²) in [6, 6.07) is 0. The van der Waals surface area contributed by atoms with Crippen molar-refractivity contribution in [2.45, 2.75) is 6.92 Å². The Kier molecular flexibility index (Phi) is 6.18. The van der Waals surface area contributed by atoms with Crippen LogP contribution in [0.4, 0.5) is 0 Å². The Morgan fingerprint density at radius 1 is 1.00 bits per heavy atom. The van der Waals surface area contributed by atoms with Gasteiger partial charge in [-0.15, -0.1) is 6.58 Å². The number of nitrogens with zero attached hydrogens (tertiary/aromatic N) is 2. The molecule has 0 saturated carbocycles. The Morgan fingerprint density at radius 2 is 1.18 bits per heavy atom. The van der Waals surface area contributed by atoms with Crippen LogP contribution < -0.4 is 0 Å². The average Bonchev–Trinajstić information content (AvgIpc) is 1.97. The Hall–Kier alpha value is -0.340. The van der Waals surface area contributed by atoms with Crippen molar-refractivity contribution in [2.75, 3.05) is 40.3 Å². The number of piperazine rings is 1. The van der Waals surface area contributed by atoms with Crippen molar-refractivity contribution in [3.63, 3.8) is 0 Å². The summed E-state index contributed by atoms with van der Waals surface area (Å²) < 4.78 is 0. The minimum absolute atomic E-state index is 1.23. The van der Waals surface area contributed by atoms with Gasteiger partial charge < -0.3 is 9.80 Å². The molecule has 1 saturated heterocycles. The molecule has 2 nitrogen and oxygen atoms in total. The van der Waals surface area contributed by atoms with Gasteiger partial charge in [-0.1, -0.05) is 6.08 Å². The van der Waals surface area contributed by atoms with Gasteiger partial charge in [-0.25, -0.2) is 0 Å². The van der Waals surface area contributed by atoms with Gasteiger partial charge in [0.05, 0.1) is 0 Å². The minimum Gasteiger partial charge on any atom is -0.304 e. The number of allylic oxidation sites excluding steroid dienone is 1. The first-order valence-corrected chi connectivity index (χ1v) is 4.14. The van der Waals surface area contributed by atoms with Crippen LogP contribution in [0, 0.1) is 0 Å². The van der Waals surface area contributed by atoms with E-state index in [1.165, 1.54) is 26.2 Å². The molecule has 0 atom stereocenters. The lowest BCUT2D eigenvalue weighted by Gasteiger charge is -2.28. The van der Waals surface area contributed by atoms with Gasteiger partial charge in [0.25, 0.3) is 0 Å². The molecule has 2 heteroatoms. The van der Waals surface area contributed by atoms with Gasteiger partial charge in [0.15, 0.2) is 0 Å². The summed E-state index contributed by atoms with van der Waals surface area (Å²) in [4.78, 5) is 4.72. The smallest absolute Gasteiger partial charge is 0.0107 e. The summed E-state index contributed by atoms with van der Waals surface area (Å²) >= 11 is 0. The second kappa shape index (κ2) is 6.38. The maximum atomic E-state index is 3.36. The molecule has 1 rings (SSSR count). The first-order chi connectivity index (χ1) is 5.20. The lowest BCUT2D eigenvalue weighted by atomic mass is 10.4. The molecule has 11 heavy (non-hydrogen) atoms. The fraction of sp³-hybridized carbons (Fsp3) is 0.778. The number of hydrogen-bond acceptors (Lipinski definition) is 2. The van der Waals surface area contributed by atoms with Crippen LogP contribution in [0.5, 0.6) is 0 Å². The third-order valence-corrected chi connectivity index (χ3v) is 1.73. The molecule has 1 fully saturated rings. The standard InChI is InChI=1S/C6H14N2.C3H6/c1-7-3-5-8(2)6-4-7;1-3-2/h3-6H2,1-2H3;3H,1H2,2H3. The predicted molar refractivity (Wildman–Crippen MR) is 50.9 cm³/mol. The molecule has 0 aromatic carbocycles. The highest BCUT2D eigenvalue weighted by Crippen LogP contribution is 1.93. The molecule has 0 N–H and O–H groups in total.